The Bertz CT molecular complexity index is 829. The van der Waals surface area contributed by atoms with Crippen molar-refractivity contribution in [1.82, 2.24) is 4.90 Å². The number of methoxy groups -OCH3 is 1. The van der Waals surface area contributed by atoms with Crippen molar-refractivity contribution < 1.29 is 27.4 Å². The molecule has 0 radical (unpaired) electrons. The molecule has 2 aromatic rings. The van der Waals surface area contributed by atoms with Crippen molar-refractivity contribution >= 4 is 26.2 Å². The van der Waals surface area contributed by atoms with E-state index in [2.05, 4.69) is 15.6 Å². The molecule has 1 amide bonds. The summed E-state index contributed by atoms with van der Waals surface area (Å²) in [5, 5.41) is 0. The average molecular weight is 442 g/mol. The molecule has 1 aliphatic rings. The van der Waals surface area contributed by atoms with Gasteiger partial charge in [0.2, 0.25) is 0 Å². The van der Waals surface area contributed by atoms with Crippen molar-refractivity contribution in [2.75, 3.05) is 13.7 Å². The number of hydrogen-bond acceptors (Lipinski definition) is 3. The number of hydrogen-bond donors (Lipinski definition) is 0. The molecule has 2 atom stereocenters. The number of ether oxygens (including phenoxy) is 2. The number of benzene rings is 2. The van der Waals surface area contributed by atoms with Crippen LogP contribution in [0.2, 0.25) is 0 Å². The van der Waals surface area contributed by atoms with E-state index in [9.17, 15) is 18.0 Å². The Morgan fingerprint density at radius 1 is 1.11 bits per heavy atom. The van der Waals surface area contributed by atoms with Gasteiger partial charge in [0.15, 0.2) is 0 Å². The molecule has 0 aromatic heterocycles. The van der Waals surface area contributed by atoms with Crippen molar-refractivity contribution in [3.8, 4) is 0 Å². The molecule has 0 bridgehead atoms. The predicted octanol–water partition coefficient (Wildman–Crippen LogP) is 2.95. The number of nitrogens with zero attached hydrogens (tertiary/aromatic N) is 1. The van der Waals surface area contributed by atoms with Crippen molar-refractivity contribution in [3.63, 3.8) is 0 Å². The van der Waals surface area contributed by atoms with Gasteiger partial charge in [-0.1, -0.05) is 0 Å². The van der Waals surface area contributed by atoms with E-state index < -0.39 is 23.7 Å². The van der Waals surface area contributed by atoms with Crippen molar-refractivity contribution in [3.05, 3.63) is 71.8 Å². The molecule has 1 heterocycles. The summed E-state index contributed by atoms with van der Waals surface area (Å²) in [6, 6.07) is 14.9. The van der Waals surface area contributed by atoms with Gasteiger partial charge in [0.25, 0.3) is 0 Å². The van der Waals surface area contributed by atoms with E-state index in [-0.39, 0.29) is 16.9 Å². The first-order chi connectivity index (χ1) is 12.8. The van der Waals surface area contributed by atoms with E-state index in [4.69, 9.17) is 9.47 Å². The normalized spacial score (nSPS) is 19.5. The monoisotopic (exact) mass is 443 g/mol. The maximum atomic E-state index is 14.2. The molecule has 27 heavy (non-hydrogen) atoms. The summed E-state index contributed by atoms with van der Waals surface area (Å²) in [7, 11) is 0.881. The van der Waals surface area contributed by atoms with E-state index in [0.717, 1.165) is 12.0 Å². The molecular weight excluding hydrogens is 426 g/mol. The third-order valence-corrected chi connectivity index (χ3v) is 5.12. The molecule has 0 saturated carbocycles. The molecule has 0 spiro atoms. The second kappa shape index (κ2) is 7.46. The summed E-state index contributed by atoms with van der Waals surface area (Å²) in [5.41, 5.74) is -2.78. The Hall–Kier alpha value is -2.15. The van der Waals surface area contributed by atoms with Crippen LogP contribution in [0.4, 0.5) is 13.2 Å². The second-order valence-corrected chi connectivity index (χ2v) is 6.66. The van der Waals surface area contributed by atoms with E-state index in [0.29, 0.717) is 5.56 Å². The SMILES string of the molecule is CO[C@](C(=O)N1C(=[Se])OC[C@H]1c1ccccc1)(c1ccccc1)C(F)(F)F. The Morgan fingerprint density at radius 2 is 1.67 bits per heavy atom. The number of halogens is 3. The molecule has 0 N–H and O–H groups in total. The third kappa shape index (κ3) is 3.29. The van der Waals surface area contributed by atoms with Crippen LogP contribution in [0.1, 0.15) is 17.2 Å². The van der Waals surface area contributed by atoms with Gasteiger partial charge in [-0.2, -0.15) is 0 Å². The zero-order valence-corrected chi connectivity index (χ0v) is 16.0. The summed E-state index contributed by atoms with van der Waals surface area (Å²) in [6.07, 6.45) is -4.98. The van der Waals surface area contributed by atoms with Gasteiger partial charge >= 0.3 is 162 Å². The van der Waals surface area contributed by atoms with Crippen molar-refractivity contribution in [1.29, 1.82) is 0 Å². The number of amides is 1. The van der Waals surface area contributed by atoms with Gasteiger partial charge in [-0.25, -0.2) is 0 Å². The standard InChI is InChI=1S/C19H16F3NO3Se/c1-25-18(19(20,21)22,14-10-6-3-7-11-14)16(24)23-15(12-26-17(23)27)13-8-4-2-5-9-13/h2-11,15H,12H2,1H3/t15-,18-/m0/s1. The van der Waals surface area contributed by atoms with Crippen molar-refractivity contribution in [2.45, 2.75) is 17.8 Å². The second-order valence-electron chi connectivity index (χ2n) is 5.93. The maximum absolute atomic E-state index is 14.2. The van der Waals surface area contributed by atoms with Gasteiger partial charge in [-0.3, -0.25) is 0 Å². The Labute approximate surface area is 162 Å². The molecule has 0 aliphatic carbocycles. The Morgan fingerprint density at radius 3 is 2.19 bits per heavy atom. The topological polar surface area (TPSA) is 38.8 Å². The number of carbonyl (C=O) groups is 1. The fourth-order valence-corrected chi connectivity index (χ4v) is 3.72. The van der Waals surface area contributed by atoms with E-state index in [1.54, 1.807) is 36.4 Å². The molecule has 1 aliphatic heterocycles. The van der Waals surface area contributed by atoms with Gasteiger partial charge in [0.1, 0.15) is 0 Å². The summed E-state index contributed by atoms with van der Waals surface area (Å²) in [4.78, 5) is 14.3. The van der Waals surface area contributed by atoms with Crippen LogP contribution in [0.15, 0.2) is 60.7 Å². The molecular formula is C19H16F3NO3Se. The minimum absolute atomic E-state index is 0.0181. The van der Waals surface area contributed by atoms with Gasteiger partial charge in [0.05, 0.1) is 0 Å². The zero-order valence-electron chi connectivity index (χ0n) is 14.3. The van der Waals surface area contributed by atoms with Crippen LogP contribution >= 0.6 is 0 Å². The Kier molecular flexibility index (Phi) is 5.42. The van der Waals surface area contributed by atoms with Gasteiger partial charge in [0, 0.05) is 0 Å². The first-order valence-corrected chi connectivity index (χ1v) is 8.91. The molecule has 0 unspecified atom stereocenters. The van der Waals surface area contributed by atoms with Crippen LogP contribution in [0, 0.1) is 0 Å². The van der Waals surface area contributed by atoms with Crippen LogP contribution in [0.3, 0.4) is 0 Å². The van der Waals surface area contributed by atoms with E-state index in [1.807, 2.05) is 0 Å². The molecule has 2 aromatic carbocycles. The van der Waals surface area contributed by atoms with E-state index in [1.165, 1.54) is 24.3 Å². The minimum atomic E-state index is -4.98. The van der Waals surface area contributed by atoms with Crippen LogP contribution < -0.4 is 0 Å². The summed E-state index contributed by atoms with van der Waals surface area (Å²) in [5.74, 6) is -1.26. The molecule has 1 saturated heterocycles. The van der Waals surface area contributed by atoms with Crippen LogP contribution in [0.5, 0.6) is 0 Å². The summed E-state index contributed by atoms with van der Waals surface area (Å²) in [6.45, 7) is 0.0462. The van der Waals surface area contributed by atoms with Gasteiger partial charge in [-0.15, -0.1) is 0 Å². The van der Waals surface area contributed by atoms with Crippen LogP contribution in [-0.2, 0) is 19.9 Å². The number of carbonyl (C=O) groups excluding carboxylic acids is 1. The summed E-state index contributed by atoms with van der Waals surface area (Å²) >= 11 is 2.55. The van der Waals surface area contributed by atoms with Gasteiger partial charge in [-0.05, 0) is 0 Å². The van der Waals surface area contributed by atoms with Crippen molar-refractivity contribution in [2.24, 2.45) is 0 Å². The third-order valence-electron chi connectivity index (χ3n) is 4.46. The van der Waals surface area contributed by atoms with E-state index >= 15 is 0 Å². The molecule has 1 fully saturated rings. The fourth-order valence-electron chi connectivity index (χ4n) is 3.14. The number of rotatable bonds is 4. The molecule has 142 valence electrons. The average Bonchev–Trinajstić information content (AvgIpc) is 3.04. The summed E-state index contributed by atoms with van der Waals surface area (Å²) < 4.78 is 52.8. The molecule has 3 rings (SSSR count). The molecule has 4 nitrogen and oxygen atoms in total. The zero-order chi connectivity index (χ0) is 19.7. The first kappa shape index (κ1) is 19.6. The number of alkyl halides is 3. The first-order valence-electron chi connectivity index (χ1n) is 8.05. The quantitative estimate of drug-likeness (QED) is 0.684. The van der Waals surface area contributed by atoms with Crippen LogP contribution in [-0.4, -0.2) is 51.0 Å². The van der Waals surface area contributed by atoms with Gasteiger partial charge < -0.3 is 0 Å². The Balaban J connectivity index is 2.12. The van der Waals surface area contributed by atoms with Crippen LogP contribution in [0.25, 0.3) is 0 Å². The molecule has 8 heteroatoms. The fraction of sp³-hybridized carbons (Fsp3) is 0.263. The predicted molar refractivity (Wildman–Crippen MR) is 93.9 cm³/mol.